The minimum absolute atomic E-state index is 0.0268. The number of carbonyl (C=O) groups is 2. The molecule has 2 aromatic heterocycles. The minimum atomic E-state index is -0.110. The second-order valence-corrected chi connectivity index (χ2v) is 7.32. The van der Waals surface area contributed by atoms with Crippen LogP contribution in [0.1, 0.15) is 20.8 Å². The summed E-state index contributed by atoms with van der Waals surface area (Å²) in [7, 11) is 0. The SMILES string of the molecule is O=C(c1cc(-c2ccncc2)n[nH]1)N1CCN(C(=O)c2ccccc2Br)CC1. The third kappa shape index (κ3) is 3.68. The number of benzene rings is 1. The third-order valence-electron chi connectivity index (χ3n) is 4.74. The summed E-state index contributed by atoms with van der Waals surface area (Å²) in [5.74, 6) is -0.137. The molecule has 1 aliphatic rings. The smallest absolute Gasteiger partial charge is 0.272 e. The second-order valence-electron chi connectivity index (χ2n) is 6.47. The average Bonchev–Trinajstić information content (AvgIpc) is 3.24. The highest BCUT2D eigenvalue weighted by Crippen LogP contribution is 2.20. The molecule has 3 aromatic rings. The number of halogens is 1. The number of hydrogen-bond acceptors (Lipinski definition) is 4. The van der Waals surface area contributed by atoms with E-state index in [2.05, 4.69) is 31.1 Å². The highest BCUT2D eigenvalue weighted by Gasteiger charge is 2.27. The lowest BCUT2D eigenvalue weighted by atomic mass is 10.1. The molecular formula is C20H18BrN5O2. The molecule has 1 saturated heterocycles. The van der Waals surface area contributed by atoms with Crippen LogP contribution in [0.2, 0.25) is 0 Å². The number of nitrogens with one attached hydrogen (secondary N) is 1. The molecule has 0 bridgehead atoms. The molecule has 8 heteroatoms. The van der Waals surface area contributed by atoms with Crippen LogP contribution >= 0.6 is 15.9 Å². The Balaban J connectivity index is 1.40. The fourth-order valence-corrected chi connectivity index (χ4v) is 3.64. The Morgan fingerprint density at radius 1 is 0.929 bits per heavy atom. The molecule has 7 nitrogen and oxygen atoms in total. The Hall–Kier alpha value is -3.00. The van der Waals surface area contributed by atoms with Gasteiger partial charge in [0.15, 0.2) is 0 Å². The zero-order valence-electron chi connectivity index (χ0n) is 15.0. The van der Waals surface area contributed by atoms with Gasteiger partial charge in [0.2, 0.25) is 0 Å². The first-order valence-corrected chi connectivity index (χ1v) is 9.71. The van der Waals surface area contributed by atoms with Gasteiger partial charge >= 0.3 is 0 Å². The van der Waals surface area contributed by atoms with Crippen molar-refractivity contribution < 1.29 is 9.59 Å². The number of piperazine rings is 1. The highest BCUT2D eigenvalue weighted by atomic mass is 79.9. The maximum atomic E-state index is 12.8. The van der Waals surface area contributed by atoms with Crippen LogP contribution in [0.4, 0.5) is 0 Å². The summed E-state index contributed by atoms with van der Waals surface area (Å²) in [4.78, 5) is 33.0. The lowest BCUT2D eigenvalue weighted by molar-refractivity contribution is 0.0532. The Morgan fingerprint density at radius 2 is 1.57 bits per heavy atom. The van der Waals surface area contributed by atoms with E-state index in [0.717, 1.165) is 10.0 Å². The van der Waals surface area contributed by atoms with Crippen molar-refractivity contribution in [2.45, 2.75) is 0 Å². The first kappa shape index (κ1) is 18.4. The summed E-state index contributed by atoms with van der Waals surface area (Å²) in [6.07, 6.45) is 3.37. The quantitative estimate of drug-likeness (QED) is 0.679. The first-order valence-electron chi connectivity index (χ1n) is 8.92. The topological polar surface area (TPSA) is 82.2 Å². The molecule has 0 atom stereocenters. The van der Waals surface area contributed by atoms with Crippen LogP contribution in [0.15, 0.2) is 59.3 Å². The molecule has 1 aromatic carbocycles. The summed E-state index contributed by atoms with van der Waals surface area (Å²) in [6.45, 7) is 1.96. The van der Waals surface area contributed by atoms with Gasteiger partial charge in [0.05, 0.1) is 11.3 Å². The fourth-order valence-electron chi connectivity index (χ4n) is 3.19. The van der Waals surface area contributed by atoms with Gasteiger partial charge in [-0.1, -0.05) is 12.1 Å². The molecule has 2 amide bonds. The number of H-pyrrole nitrogens is 1. The Bertz CT molecular complexity index is 997. The number of aromatic nitrogens is 3. The van der Waals surface area contributed by atoms with Crippen molar-refractivity contribution in [1.82, 2.24) is 25.0 Å². The second kappa shape index (κ2) is 7.93. The van der Waals surface area contributed by atoms with Crippen LogP contribution in [0.25, 0.3) is 11.3 Å². The van der Waals surface area contributed by atoms with Crippen molar-refractivity contribution in [3.05, 3.63) is 70.6 Å². The summed E-state index contributed by atoms with van der Waals surface area (Å²) in [6, 6.07) is 12.8. The van der Waals surface area contributed by atoms with Crippen LogP contribution < -0.4 is 0 Å². The van der Waals surface area contributed by atoms with E-state index in [-0.39, 0.29) is 11.8 Å². The van der Waals surface area contributed by atoms with Crippen molar-refractivity contribution >= 4 is 27.7 Å². The van der Waals surface area contributed by atoms with E-state index in [9.17, 15) is 9.59 Å². The van der Waals surface area contributed by atoms with Crippen molar-refractivity contribution in [1.29, 1.82) is 0 Å². The molecule has 28 heavy (non-hydrogen) atoms. The molecule has 0 radical (unpaired) electrons. The lowest BCUT2D eigenvalue weighted by Gasteiger charge is -2.34. The van der Waals surface area contributed by atoms with Gasteiger partial charge in [-0.05, 0) is 46.3 Å². The van der Waals surface area contributed by atoms with Gasteiger partial charge in [-0.15, -0.1) is 0 Å². The Kier molecular flexibility index (Phi) is 5.21. The van der Waals surface area contributed by atoms with E-state index in [1.807, 2.05) is 30.3 Å². The molecular weight excluding hydrogens is 422 g/mol. The Labute approximate surface area is 170 Å². The van der Waals surface area contributed by atoms with Gasteiger partial charge in [-0.2, -0.15) is 5.10 Å². The van der Waals surface area contributed by atoms with Crippen LogP contribution in [-0.2, 0) is 0 Å². The number of carbonyl (C=O) groups excluding carboxylic acids is 2. The number of aromatic amines is 1. The molecule has 4 rings (SSSR count). The highest BCUT2D eigenvalue weighted by molar-refractivity contribution is 9.10. The number of amides is 2. The van der Waals surface area contributed by atoms with Crippen LogP contribution in [0.5, 0.6) is 0 Å². The maximum Gasteiger partial charge on any atom is 0.272 e. The summed E-state index contributed by atoms with van der Waals surface area (Å²) < 4.78 is 0.777. The Morgan fingerprint density at radius 3 is 2.25 bits per heavy atom. The largest absolute Gasteiger partial charge is 0.335 e. The summed E-state index contributed by atoms with van der Waals surface area (Å²) in [5, 5.41) is 7.05. The van der Waals surface area contributed by atoms with Crippen molar-refractivity contribution in [3.8, 4) is 11.3 Å². The van der Waals surface area contributed by atoms with Crippen LogP contribution in [0.3, 0.4) is 0 Å². The number of hydrogen-bond donors (Lipinski definition) is 1. The van der Waals surface area contributed by atoms with E-state index in [1.165, 1.54) is 0 Å². The van der Waals surface area contributed by atoms with E-state index in [1.54, 1.807) is 34.3 Å². The average molecular weight is 440 g/mol. The third-order valence-corrected chi connectivity index (χ3v) is 5.43. The van der Waals surface area contributed by atoms with E-state index in [4.69, 9.17) is 0 Å². The van der Waals surface area contributed by atoms with E-state index >= 15 is 0 Å². The molecule has 0 saturated carbocycles. The minimum Gasteiger partial charge on any atom is -0.335 e. The lowest BCUT2D eigenvalue weighted by Crippen LogP contribution is -2.50. The standard InChI is InChI=1S/C20H18BrN5O2/c21-16-4-2-1-3-15(16)19(27)25-9-11-26(12-10-25)20(28)18-13-17(23-24-18)14-5-7-22-8-6-14/h1-8,13H,9-12H2,(H,23,24). The monoisotopic (exact) mass is 439 g/mol. The molecule has 142 valence electrons. The molecule has 1 fully saturated rings. The van der Waals surface area contributed by atoms with Gasteiger partial charge in [-0.25, -0.2) is 0 Å². The maximum absolute atomic E-state index is 12.8. The molecule has 0 spiro atoms. The normalized spacial score (nSPS) is 14.2. The van der Waals surface area contributed by atoms with Crippen LogP contribution in [0, 0.1) is 0 Å². The van der Waals surface area contributed by atoms with E-state index in [0.29, 0.717) is 43.1 Å². The summed E-state index contributed by atoms with van der Waals surface area (Å²) >= 11 is 3.42. The van der Waals surface area contributed by atoms with Gasteiger partial charge < -0.3 is 9.80 Å². The zero-order chi connectivity index (χ0) is 19.5. The van der Waals surface area contributed by atoms with Crippen molar-refractivity contribution in [2.75, 3.05) is 26.2 Å². The summed E-state index contributed by atoms with van der Waals surface area (Å²) in [5.41, 5.74) is 2.68. The number of nitrogens with zero attached hydrogens (tertiary/aromatic N) is 4. The van der Waals surface area contributed by atoms with Gasteiger partial charge in [-0.3, -0.25) is 19.7 Å². The van der Waals surface area contributed by atoms with Gasteiger partial charge in [0.25, 0.3) is 11.8 Å². The molecule has 1 N–H and O–H groups in total. The van der Waals surface area contributed by atoms with Crippen molar-refractivity contribution in [3.63, 3.8) is 0 Å². The molecule has 0 unspecified atom stereocenters. The first-order chi connectivity index (χ1) is 13.6. The van der Waals surface area contributed by atoms with Gasteiger partial charge in [0.1, 0.15) is 5.69 Å². The predicted octanol–water partition coefficient (Wildman–Crippen LogP) is 2.83. The molecule has 1 aliphatic heterocycles. The fraction of sp³-hybridized carbons (Fsp3) is 0.200. The molecule has 0 aliphatic carbocycles. The van der Waals surface area contributed by atoms with Crippen molar-refractivity contribution in [2.24, 2.45) is 0 Å². The van der Waals surface area contributed by atoms with Gasteiger partial charge in [0, 0.05) is 48.6 Å². The van der Waals surface area contributed by atoms with Crippen LogP contribution in [-0.4, -0.2) is 63.0 Å². The number of pyridine rings is 1. The number of rotatable bonds is 3. The van der Waals surface area contributed by atoms with E-state index < -0.39 is 0 Å². The molecule has 3 heterocycles. The zero-order valence-corrected chi connectivity index (χ0v) is 16.6. The predicted molar refractivity (Wildman–Crippen MR) is 108 cm³/mol.